The molecule has 3 rings (SSSR count). The third kappa shape index (κ3) is 4.18. The standard InChI is InChI=1S/C20H17NO2S/c1-15-20(24-14-21-15)19(22)11-10-16-8-5-9-18(12-16)23-13-17-6-3-2-4-7-17/h2-12,14H,13H2,1H3. The zero-order valence-corrected chi connectivity index (χ0v) is 14.1. The van der Waals surface area contributed by atoms with Crippen LogP contribution in [0.1, 0.15) is 26.5 Å². The number of benzene rings is 2. The monoisotopic (exact) mass is 335 g/mol. The van der Waals surface area contributed by atoms with Gasteiger partial charge in [-0.3, -0.25) is 4.79 Å². The molecule has 0 spiro atoms. The Morgan fingerprint density at radius 3 is 2.75 bits per heavy atom. The zero-order valence-electron chi connectivity index (χ0n) is 13.3. The Hall–Kier alpha value is -2.72. The van der Waals surface area contributed by atoms with Crippen LogP contribution in [-0.2, 0) is 6.61 Å². The maximum atomic E-state index is 12.1. The van der Waals surface area contributed by atoms with Crippen LogP contribution in [0.2, 0.25) is 0 Å². The highest BCUT2D eigenvalue weighted by Gasteiger charge is 2.08. The molecule has 0 saturated carbocycles. The SMILES string of the molecule is Cc1ncsc1C(=O)C=Cc1cccc(OCc2ccccc2)c1. The Morgan fingerprint density at radius 2 is 2.00 bits per heavy atom. The highest BCUT2D eigenvalue weighted by atomic mass is 32.1. The summed E-state index contributed by atoms with van der Waals surface area (Å²) in [5.41, 5.74) is 4.51. The lowest BCUT2D eigenvalue weighted by molar-refractivity contribution is 0.105. The Balaban J connectivity index is 1.66. The van der Waals surface area contributed by atoms with Crippen LogP contribution in [0, 0.1) is 6.92 Å². The summed E-state index contributed by atoms with van der Waals surface area (Å²) >= 11 is 1.37. The van der Waals surface area contributed by atoms with Crippen molar-refractivity contribution in [1.29, 1.82) is 0 Å². The number of aryl methyl sites for hydroxylation is 1. The van der Waals surface area contributed by atoms with Gasteiger partial charge in [-0.1, -0.05) is 48.5 Å². The van der Waals surface area contributed by atoms with Crippen LogP contribution in [0.5, 0.6) is 5.75 Å². The average Bonchev–Trinajstić information content (AvgIpc) is 3.05. The van der Waals surface area contributed by atoms with Gasteiger partial charge in [0.15, 0.2) is 5.78 Å². The number of thiazole rings is 1. The number of aromatic nitrogens is 1. The minimum atomic E-state index is -0.0226. The third-order valence-corrected chi connectivity index (χ3v) is 4.45. The maximum absolute atomic E-state index is 12.1. The first-order valence-electron chi connectivity index (χ1n) is 7.61. The van der Waals surface area contributed by atoms with E-state index in [0.717, 1.165) is 22.6 Å². The fourth-order valence-electron chi connectivity index (χ4n) is 2.23. The largest absolute Gasteiger partial charge is 0.489 e. The molecular weight excluding hydrogens is 318 g/mol. The van der Waals surface area contributed by atoms with Crippen LogP contribution in [0.15, 0.2) is 66.2 Å². The fourth-order valence-corrected chi connectivity index (χ4v) is 2.96. The summed E-state index contributed by atoms with van der Waals surface area (Å²) in [6.07, 6.45) is 3.38. The predicted octanol–water partition coefficient (Wildman–Crippen LogP) is 4.93. The molecule has 3 aromatic rings. The van der Waals surface area contributed by atoms with Crippen molar-refractivity contribution in [1.82, 2.24) is 4.98 Å². The Bertz CT molecular complexity index is 853. The quantitative estimate of drug-likeness (QED) is 0.474. The molecule has 0 amide bonds. The van der Waals surface area contributed by atoms with Crippen molar-refractivity contribution < 1.29 is 9.53 Å². The normalized spacial score (nSPS) is 10.9. The van der Waals surface area contributed by atoms with Crippen LogP contribution < -0.4 is 4.74 Å². The van der Waals surface area contributed by atoms with Crippen molar-refractivity contribution >= 4 is 23.2 Å². The molecular formula is C20H17NO2S. The first kappa shape index (κ1) is 16.1. The molecule has 2 aromatic carbocycles. The number of ketones is 1. The lowest BCUT2D eigenvalue weighted by atomic mass is 10.1. The van der Waals surface area contributed by atoms with Crippen LogP contribution >= 0.6 is 11.3 Å². The van der Waals surface area contributed by atoms with Crippen LogP contribution in [0.4, 0.5) is 0 Å². The molecule has 0 aliphatic carbocycles. The Kier molecular flexibility index (Phi) is 5.18. The fraction of sp³-hybridized carbons (Fsp3) is 0.100. The second kappa shape index (κ2) is 7.70. The number of allylic oxidation sites excluding steroid dienone is 1. The second-order valence-electron chi connectivity index (χ2n) is 5.31. The highest BCUT2D eigenvalue weighted by molar-refractivity contribution is 7.12. The van der Waals surface area contributed by atoms with Gasteiger partial charge in [-0.25, -0.2) is 4.98 Å². The van der Waals surface area contributed by atoms with Crippen LogP contribution in [0.3, 0.4) is 0 Å². The smallest absolute Gasteiger partial charge is 0.197 e. The lowest BCUT2D eigenvalue weighted by Gasteiger charge is -2.06. The average molecular weight is 335 g/mol. The van der Waals surface area contributed by atoms with Gasteiger partial charge in [0.05, 0.1) is 16.1 Å². The summed E-state index contributed by atoms with van der Waals surface area (Å²) in [6.45, 7) is 2.36. The molecule has 0 radical (unpaired) electrons. The van der Waals surface area contributed by atoms with E-state index in [1.165, 1.54) is 11.3 Å². The molecule has 1 heterocycles. The predicted molar refractivity (Wildman–Crippen MR) is 97.4 cm³/mol. The summed E-state index contributed by atoms with van der Waals surface area (Å²) in [5, 5.41) is 0. The Morgan fingerprint density at radius 1 is 1.17 bits per heavy atom. The maximum Gasteiger partial charge on any atom is 0.197 e. The zero-order chi connectivity index (χ0) is 16.8. The van der Waals surface area contributed by atoms with Crippen molar-refractivity contribution in [3.63, 3.8) is 0 Å². The number of hydrogen-bond acceptors (Lipinski definition) is 4. The molecule has 0 bridgehead atoms. The minimum Gasteiger partial charge on any atom is -0.489 e. The van der Waals surface area contributed by atoms with Gasteiger partial charge in [-0.2, -0.15) is 0 Å². The molecule has 0 atom stereocenters. The molecule has 120 valence electrons. The van der Waals surface area contributed by atoms with Gasteiger partial charge < -0.3 is 4.74 Å². The summed E-state index contributed by atoms with van der Waals surface area (Å²) in [6, 6.07) is 17.7. The third-order valence-electron chi connectivity index (χ3n) is 3.50. The van der Waals surface area contributed by atoms with E-state index < -0.39 is 0 Å². The van der Waals surface area contributed by atoms with Gasteiger partial charge in [0.1, 0.15) is 12.4 Å². The first-order valence-corrected chi connectivity index (χ1v) is 8.49. The number of hydrogen-bond donors (Lipinski definition) is 0. The van der Waals surface area contributed by atoms with E-state index in [1.54, 1.807) is 17.7 Å². The second-order valence-corrected chi connectivity index (χ2v) is 6.17. The summed E-state index contributed by atoms with van der Waals surface area (Å²) in [5.74, 6) is 0.757. The first-order chi connectivity index (χ1) is 11.7. The number of carbonyl (C=O) groups is 1. The molecule has 3 nitrogen and oxygen atoms in total. The van der Waals surface area contributed by atoms with Gasteiger partial charge in [0.25, 0.3) is 0 Å². The molecule has 24 heavy (non-hydrogen) atoms. The van der Waals surface area contributed by atoms with E-state index in [4.69, 9.17) is 4.74 Å². The molecule has 0 saturated heterocycles. The molecule has 0 aliphatic heterocycles. The molecule has 1 aromatic heterocycles. The van der Waals surface area contributed by atoms with E-state index >= 15 is 0 Å². The van der Waals surface area contributed by atoms with E-state index in [9.17, 15) is 4.79 Å². The van der Waals surface area contributed by atoms with Gasteiger partial charge in [-0.15, -0.1) is 11.3 Å². The van der Waals surface area contributed by atoms with Crippen molar-refractivity contribution in [3.05, 3.63) is 87.9 Å². The lowest BCUT2D eigenvalue weighted by Crippen LogP contribution is -1.95. The van der Waals surface area contributed by atoms with Gasteiger partial charge >= 0.3 is 0 Å². The van der Waals surface area contributed by atoms with Gasteiger partial charge in [0.2, 0.25) is 0 Å². The van der Waals surface area contributed by atoms with Gasteiger partial charge in [-0.05, 0) is 36.3 Å². The van der Waals surface area contributed by atoms with Crippen LogP contribution in [0.25, 0.3) is 6.08 Å². The molecule has 0 N–H and O–H groups in total. The molecule has 4 heteroatoms. The summed E-state index contributed by atoms with van der Waals surface area (Å²) in [4.78, 5) is 16.9. The topological polar surface area (TPSA) is 39.2 Å². The molecule has 0 aliphatic rings. The molecule has 0 fully saturated rings. The Labute approximate surface area is 145 Å². The molecule has 0 unspecified atom stereocenters. The number of nitrogens with zero attached hydrogens (tertiary/aromatic N) is 1. The van der Waals surface area contributed by atoms with Crippen LogP contribution in [-0.4, -0.2) is 10.8 Å². The minimum absolute atomic E-state index is 0.0226. The number of carbonyl (C=O) groups excluding carboxylic acids is 1. The van der Waals surface area contributed by atoms with Gasteiger partial charge in [0, 0.05) is 0 Å². The van der Waals surface area contributed by atoms with Crippen molar-refractivity contribution in [2.24, 2.45) is 0 Å². The van der Waals surface area contributed by atoms with E-state index in [1.807, 2.05) is 61.5 Å². The van der Waals surface area contributed by atoms with Crippen molar-refractivity contribution in [2.45, 2.75) is 13.5 Å². The van der Waals surface area contributed by atoms with E-state index in [-0.39, 0.29) is 5.78 Å². The summed E-state index contributed by atoms with van der Waals surface area (Å²) in [7, 11) is 0. The van der Waals surface area contributed by atoms with E-state index in [0.29, 0.717) is 11.5 Å². The summed E-state index contributed by atoms with van der Waals surface area (Å²) < 4.78 is 5.80. The van der Waals surface area contributed by atoms with E-state index in [2.05, 4.69) is 4.98 Å². The van der Waals surface area contributed by atoms with Crippen molar-refractivity contribution in [3.8, 4) is 5.75 Å². The van der Waals surface area contributed by atoms with Crippen molar-refractivity contribution in [2.75, 3.05) is 0 Å². The number of ether oxygens (including phenoxy) is 1. The number of rotatable bonds is 6. The highest BCUT2D eigenvalue weighted by Crippen LogP contribution is 2.18.